The minimum atomic E-state index is 0.0784. The van der Waals surface area contributed by atoms with Crippen LogP contribution in [0.5, 0.6) is 0 Å². The van der Waals surface area contributed by atoms with E-state index < -0.39 is 0 Å². The number of anilines is 1. The van der Waals surface area contributed by atoms with Crippen molar-refractivity contribution in [3.05, 3.63) is 35.9 Å². The Kier molecular flexibility index (Phi) is 4.71. The number of hydrogen-bond donors (Lipinski definition) is 1. The number of morpholine rings is 1. The Labute approximate surface area is 170 Å². The number of aromatic nitrogens is 4. The molecule has 1 amide bonds. The average molecular weight is 397 g/mol. The van der Waals surface area contributed by atoms with Crippen LogP contribution in [-0.2, 0) is 16.0 Å². The zero-order chi connectivity index (χ0) is 19.8. The van der Waals surface area contributed by atoms with E-state index in [0.717, 1.165) is 69.8 Å². The summed E-state index contributed by atoms with van der Waals surface area (Å²) in [5, 5.41) is 6.80. The van der Waals surface area contributed by atoms with Crippen molar-refractivity contribution in [2.45, 2.75) is 12.3 Å². The fourth-order valence-corrected chi connectivity index (χ4v) is 4.97. The molecule has 9 heteroatoms. The molecule has 2 aromatic heterocycles. The Bertz CT molecular complexity index is 859. The van der Waals surface area contributed by atoms with Crippen LogP contribution in [0.2, 0.25) is 0 Å². The molecule has 1 atom stereocenters. The first kappa shape index (κ1) is 18.5. The van der Waals surface area contributed by atoms with Gasteiger partial charge in [0.25, 0.3) is 0 Å². The second-order valence-corrected chi connectivity index (χ2v) is 8.50. The first-order valence-electron chi connectivity index (χ1n) is 10.2. The van der Waals surface area contributed by atoms with Gasteiger partial charge in [-0.1, -0.05) is 0 Å². The Morgan fingerprint density at radius 3 is 2.83 bits per heavy atom. The molecule has 1 unspecified atom stereocenters. The molecule has 0 radical (unpaired) electrons. The highest BCUT2D eigenvalue weighted by Gasteiger charge is 2.55. The molecular weight excluding hydrogens is 370 g/mol. The number of rotatable bonds is 4. The van der Waals surface area contributed by atoms with E-state index in [-0.39, 0.29) is 11.3 Å². The number of ether oxygens (including phenoxy) is 1. The van der Waals surface area contributed by atoms with Gasteiger partial charge in [0.2, 0.25) is 11.9 Å². The zero-order valence-corrected chi connectivity index (χ0v) is 16.8. The number of amides is 1. The van der Waals surface area contributed by atoms with Gasteiger partial charge >= 0.3 is 0 Å². The first-order valence-corrected chi connectivity index (χ1v) is 10.2. The van der Waals surface area contributed by atoms with E-state index in [1.54, 1.807) is 6.20 Å². The molecule has 0 bridgehead atoms. The van der Waals surface area contributed by atoms with E-state index >= 15 is 0 Å². The molecule has 3 aliphatic heterocycles. The summed E-state index contributed by atoms with van der Waals surface area (Å²) < 4.78 is 5.45. The van der Waals surface area contributed by atoms with Gasteiger partial charge < -0.3 is 19.4 Å². The Balaban J connectivity index is 1.31. The van der Waals surface area contributed by atoms with Crippen molar-refractivity contribution in [1.29, 1.82) is 0 Å². The molecule has 5 heterocycles. The normalized spacial score (nSPS) is 24.1. The number of aromatic amines is 1. The van der Waals surface area contributed by atoms with Crippen LogP contribution in [-0.4, -0.2) is 95.4 Å². The smallest absolute Gasteiger partial charge is 0.228 e. The van der Waals surface area contributed by atoms with Gasteiger partial charge in [-0.15, -0.1) is 0 Å². The maximum Gasteiger partial charge on any atom is 0.228 e. The molecule has 9 nitrogen and oxygen atoms in total. The lowest BCUT2D eigenvalue weighted by Crippen LogP contribution is -2.61. The standard InChI is InChI=1S/C20H27N7O2/c1-25-11-16(17-3-4-21-19(23-17)26-6-8-29-9-7-26)20(12-25)13-27(14-20)18(28)10-15-2-5-22-24-15/h2-5,16H,6-14H2,1H3,(H,22,24). The van der Waals surface area contributed by atoms with Gasteiger partial charge in [-0.2, -0.15) is 5.10 Å². The highest BCUT2D eigenvalue weighted by atomic mass is 16.5. The SMILES string of the molecule is CN1CC(c2ccnc(N3CCOCC3)n2)C2(C1)CN(C(=O)Cc1ccn[nH]1)C2. The van der Waals surface area contributed by atoms with Crippen LogP contribution in [0, 0.1) is 5.41 Å². The van der Waals surface area contributed by atoms with E-state index in [2.05, 4.69) is 32.0 Å². The first-order chi connectivity index (χ1) is 14.1. The second kappa shape index (κ2) is 7.38. The molecule has 0 aromatic carbocycles. The summed E-state index contributed by atoms with van der Waals surface area (Å²) >= 11 is 0. The van der Waals surface area contributed by atoms with Crippen LogP contribution < -0.4 is 4.90 Å². The second-order valence-electron chi connectivity index (χ2n) is 8.50. The molecule has 0 aliphatic carbocycles. The predicted octanol–water partition coefficient (Wildman–Crippen LogP) is 0.137. The fraction of sp³-hybridized carbons (Fsp3) is 0.600. The summed E-state index contributed by atoms with van der Waals surface area (Å²) in [7, 11) is 2.15. The number of hydrogen-bond acceptors (Lipinski definition) is 7. The minimum Gasteiger partial charge on any atom is -0.378 e. The Morgan fingerprint density at radius 1 is 1.24 bits per heavy atom. The maximum atomic E-state index is 12.6. The molecule has 3 saturated heterocycles. The largest absolute Gasteiger partial charge is 0.378 e. The Morgan fingerprint density at radius 2 is 2.07 bits per heavy atom. The van der Waals surface area contributed by atoms with Gasteiger partial charge in [-0.25, -0.2) is 9.97 Å². The van der Waals surface area contributed by atoms with Gasteiger partial charge in [0, 0.05) is 68.7 Å². The summed E-state index contributed by atoms with van der Waals surface area (Å²) in [5.74, 6) is 1.26. The summed E-state index contributed by atoms with van der Waals surface area (Å²) in [4.78, 5) is 28.6. The monoisotopic (exact) mass is 397 g/mol. The van der Waals surface area contributed by atoms with Crippen LogP contribution in [0.4, 0.5) is 5.95 Å². The molecule has 0 saturated carbocycles. The van der Waals surface area contributed by atoms with Crippen LogP contribution >= 0.6 is 0 Å². The number of likely N-dealkylation sites (tertiary alicyclic amines) is 2. The zero-order valence-electron chi connectivity index (χ0n) is 16.8. The van der Waals surface area contributed by atoms with Crippen molar-refractivity contribution >= 4 is 11.9 Å². The van der Waals surface area contributed by atoms with Gasteiger partial charge in [0.1, 0.15) is 0 Å². The summed E-state index contributed by atoms with van der Waals surface area (Å²) in [5.41, 5.74) is 2.03. The quantitative estimate of drug-likeness (QED) is 0.785. The summed E-state index contributed by atoms with van der Waals surface area (Å²) in [6.45, 7) is 6.61. The number of nitrogens with zero attached hydrogens (tertiary/aromatic N) is 6. The molecular formula is C20H27N7O2. The van der Waals surface area contributed by atoms with Crippen LogP contribution in [0.25, 0.3) is 0 Å². The van der Waals surface area contributed by atoms with Gasteiger partial charge in [0.05, 0.1) is 25.3 Å². The number of carbonyl (C=O) groups excluding carboxylic acids is 1. The number of H-pyrrole nitrogens is 1. The third-order valence-corrected chi connectivity index (χ3v) is 6.40. The molecule has 2 aromatic rings. The van der Waals surface area contributed by atoms with Gasteiger partial charge in [-0.05, 0) is 19.2 Å². The summed E-state index contributed by atoms with van der Waals surface area (Å²) in [6.07, 6.45) is 3.94. The lowest BCUT2D eigenvalue weighted by atomic mass is 9.70. The third kappa shape index (κ3) is 3.49. The predicted molar refractivity (Wildman–Crippen MR) is 107 cm³/mol. The topological polar surface area (TPSA) is 90.5 Å². The summed E-state index contributed by atoms with van der Waals surface area (Å²) in [6, 6.07) is 3.90. The van der Waals surface area contributed by atoms with Crippen LogP contribution in [0.3, 0.4) is 0 Å². The highest BCUT2D eigenvalue weighted by molar-refractivity contribution is 5.79. The van der Waals surface area contributed by atoms with Crippen molar-refractivity contribution in [1.82, 2.24) is 30.0 Å². The lowest BCUT2D eigenvalue weighted by Gasteiger charge is -2.51. The fourth-order valence-electron chi connectivity index (χ4n) is 4.97. The maximum absolute atomic E-state index is 12.6. The van der Waals surface area contributed by atoms with Crippen LogP contribution in [0.15, 0.2) is 24.5 Å². The minimum absolute atomic E-state index is 0.0784. The molecule has 1 N–H and O–H groups in total. The molecule has 1 spiro atoms. The van der Waals surface area contributed by atoms with Gasteiger partial charge in [-0.3, -0.25) is 9.89 Å². The van der Waals surface area contributed by atoms with Crippen molar-refractivity contribution in [2.24, 2.45) is 5.41 Å². The van der Waals surface area contributed by atoms with E-state index in [1.165, 1.54) is 0 Å². The number of nitrogens with one attached hydrogen (secondary N) is 1. The van der Waals surface area contributed by atoms with Crippen molar-refractivity contribution < 1.29 is 9.53 Å². The molecule has 154 valence electrons. The highest BCUT2D eigenvalue weighted by Crippen LogP contribution is 2.48. The number of likely N-dealkylation sites (N-methyl/N-ethyl adjacent to an activating group) is 1. The van der Waals surface area contributed by atoms with Gasteiger partial charge in [0.15, 0.2) is 0 Å². The molecule has 3 fully saturated rings. The third-order valence-electron chi connectivity index (χ3n) is 6.40. The number of carbonyl (C=O) groups is 1. The van der Waals surface area contributed by atoms with E-state index in [1.807, 2.05) is 23.2 Å². The molecule has 5 rings (SSSR count). The van der Waals surface area contributed by atoms with Crippen molar-refractivity contribution in [3.8, 4) is 0 Å². The van der Waals surface area contributed by atoms with Crippen molar-refractivity contribution in [3.63, 3.8) is 0 Å². The molecule has 29 heavy (non-hydrogen) atoms. The van der Waals surface area contributed by atoms with E-state index in [4.69, 9.17) is 9.72 Å². The Hall–Kier alpha value is -2.52. The van der Waals surface area contributed by atoms with Crippen molar-refractivity contribution in [2.75, 3.05) is 64.4 Å². The lowest BCUT2D eigenvalue weighted by molar-refractivity contribution is -0.142. The van der Waals surface area contributed by atoms with E-state index in [9.17, 15) is 4.79 Å². The average Bonchev–Trinajstić information content (AvgIpc) is 3.35. The molecule has 3 aliphatic rings. The van der Waals surface area contributed by atoms with E-state index in [0.29, 0.717) is 12.3 Å². The van der Waals surface area contributed by atoms with Crippen LogP contribution in [0.1, 0.15) is 17.3 Å².